The van der Waals surface area contributed by atoms with E-state index in [1.54, 1.807) is 11.5 Å². The highest BCUT2D eigenvalue weighted by atomic mass is 16.5. The number of nitrogens with one attached hydrogen (secondary N) is 1. The minimum absolute atomic E-state index is 0.120. The van der Waals surface area contributed by atoms with E-state index in [4.69, 9.17) is 4.74 Å². The van der Waals surface area contributed by atoms with Crippen molar-refractivity contribution in [1.29, 1.82) is 0 Å². The third-order valence-electron chi connectivity index (χ3n) is 4.58. The number of carboxylic acid groups (broad SMARTS) is 1. The second-order valence-corrected chi connectivity index (χ2v) is 6.14. The first-order valence-corrected chi connectivity index (χ1v) is 8.47. The number of amides is 1. The van der Waals surface area contributed by atoms with E-state index in [9.17, 15) is 14.7 Å². The Kier molecular flexibility index (Phi) is 4.90. The SMILES string of the molecule is CCC(NC(=O)c1cc(C(=O)O)c2n1CCOC2C)c1ccccc1. The molecule has 1 aromatic carbocycles. The van der Waals surface area contributed by atoms with Gasteiger partial charge < -0.3 is 19.7 Å². The monoisotopic (exact) mass is 342 g/mol. The Morgan fingerprint density at radius 1 is 1.36 bits per heavy atom. The summed E-state index contributed by atoms with van der Waals surface area (Å²) in [5.74, 6) is -1.31. The van der Waals surface area contributed by atoms with E-state index in [0.717, 1.165) is 12.0 Å². The second-order valence-electron chi connectivity index (χ2n) is 6.14. The quantitative estimate of drug-likeness (QED) is 0.875. The van der Waals surface area contributed by atoms with Gasteiger partial charge in [-0.15, -0.1) is 0 Å². The van der Waals surface area contributed by atoms with Crippen LogP contribution in [0.1, 0.15) is 64.5 Å². The molecule has 1 aromatic heterocycles. The summed E-state index contributed by atoms with van der Waals surface area (Å²) in [6.45, 7) is 4.73. The maximum Gasteiger partial charge on any atom is 0.337 e. The number of carbonyl (C=O) groups is 2. The molecule has 2 unspecified atom stereocenters. The lowest BCUT2D eigenvalue weighted by Gasteiger charge is -2.25. The van der Waals surface area contributed by atoms with Gasteiger partial charge in [-0.25, -0.2) is 4.79 Å². The van der Waals surface area contributed by atoms with Crippen LogP contribution in [0.25, 0.3) is 0 Å². The second kappa shape index (κ2) is 7.11. The van der Waals surface area contributed by atoms with Gasteiger partial charge in [0.05, 0.1) is 30.0 Å². The third kappa shape index (κ3) is 3.30. The highest BCUT2D eigenvalue weighted by Crippen LogP contribution is 2.29. The largest absolute Gasteiger partial charge is 0.478 e. The Bertz CT molecular complexity index is 782. The van der Waals surface area contributed by atoms with E-state index in [1.165, 1.54) is 6.07 Å². The summed E-state index contributed by atoms with van der Waals surface area (Å²) in [6.07, 6.45) is 0.395. The molecular formula is C19H22N2O4. The van der Waals surface area contributed by atoms with Gasteiger partial charge in [0.15, 0.2) is 0 Å². The van der Waals surface area contributed by atoms with Gasteiger partial charge in [-0.05, 0) is 25.0 Å². The van der Waals surface area contributed by atoms with Crippen molar-refractivity contribution in [3.63, 3.8) is 0 Å². The minimum Gasteiger partial charge on any atom is -0.478 e. The van der Waals surface area contributed by atoms with Crippen molar-refractivity contribution in [3.05, 3.63) is 58.9 Å². The lowest BCUT2D eigenvalue weighted by Crippen LogP contribution is -2.31. The minimum atomic E-state index is -1.05. The molecule has 2 aromatic rings. The number of carbonyl (C=O) groups excluding carboxylic acids is 1. The van der Waals surface area contributed by atoms with Crippen molar-refractivity contribution >= 4 is 11.9 Å². The van der Waals surface area contributed by atoms with Gasteiger partial charge in [-0.1, -0.05) is 37.3 Å². The van der Waals surface area contributed by atoms with Crippen LogP contribution in [-0.4, -0.2) is 28.2 Å². The van der Waals surface area contributed by atoms with Gasteiger partial charge >= 0.3 is 5.97 Å². The highest BCUT2D eigenvalue weighted by Gasteiger charge is 2.30. The molecule has 2 N–H and O–H groups in total. The molecule has 6 heteroatoms. The first-order valence-electron chi connectivity index (χ1n) is 8.47. The van der Waals surface area contributed by atoms with E-state index in [0.29, 0.717) is 24.5 Å². The summed E-state index contributed by atoms with van der Waals surface area (Å²) in [5.41, 5.74) is 2.08. The van der Waals surface area contributed by atoms with Crippen LogP contribution < -0.4 is 5.32 Å². The molecule has 1 aliphatic rings. The predicted molar refractivity (Wildman–Crippen MR) is 92.7 cm³/mol. The van der Waals surface area contributed by atoms with Crippen LogP contribution in [0.3, 0.4) is 0 Å². The summed E-state index contributed by atoms with van der Waals surface area (Å²) in [7, 11) is 0. The van der Waals surface area contributed by atoms with Crippen LogP contribution in [0.5, 0.6) is 0 Å². The molecule has 1 amide bonds. The molecule has 2 heterocycles. The van der Waals surface area contributed by atoms with E-state index in [-0.39, 0.29) is 23.6 Å². The zero-order valence-corrected chi connectivity index (χ0v) is 14.4. The van der Waals surface area contributed by atoms with Gasteiger partial charge in [-0.2, -0.15) is 0 Å². The number of benzene rings is 1. The van der Waals surface area contributed by atoms with Gasteiger partial charge in [-0.3, -0.25) is 4.79 Å². The number of nitrogens with zero attached hydrogens (tertiary/aromatic N) is 1. The summed E-state index contributed by atoms with van der Waals surface area (Å²) in [6, 6.07) is 11.1. The summed E-state index contributed by atoms with van der Waals surface area (Å²) < 4.78 is 7.31. The van der Waals surface area contributed by atoms with E-state index >= 15 is 0 Å². The van der Waals surface area contributed by atoms with Crippen LogP contribution in [0, 0.1) is 0 Å². The zero-order chi connectivity index (χ0) is 18.0. The van der Waals surface area contributed by atoms with Crippen molar-refractivity contribution < 1.29 is 19.4 Å². The molecule has 0 aliphatic carbocycles. The Labute approximate surface area is 146 Å². The Morgan fingerprint density at radius 3 is 2.72 bits per heavy atom. The fraction of sp³-hybridized carbons (Fsp3) is 0.368. The summed E-state index contributed by atoms with van der Waals surface area (Å²) >= 11 is 0. The molecule has 0 saturated carbocycles. The van der Waals surface area contributed by atoms with E-state index < -0.39 is 5.97 Å². The average molecular weight is 342 g/mol. The van der Waals surface area contributed by atoms with Crippen molar-refractivity contribution in [2.24, 2.45) is 0 Å². The molecule has 0 bridgehead atoms. The van der Waals surface area contributed by atoms with Crippen LogP contribution in [0.15, 0.2) is 36.4 Å². The molecule has 0 fully saturated rings. The van der Waals surface area contributed by atoms with Gasteiger partial charge in [0, 0.05) is 6.54 Å². The molecule has 132 valence electrons. The highest BCUT2D eigenvalue weighted by molar-refractivity contribution is 5.98. The molecular weight excluding hydrogens is 320 g/mol. The van der Waals surface area contributed by atoms with Gasteiger partial charge in [0.1, 0.15) is 5.69 Å². The first-order chi connectivity index (χ1) is 12.0. The maximum atomic E-state index is 12.8. The van der Waals surface area contributed by atoms with Crippen molar-refractivity contribution in [1.82, 2.24) is 9.88 Å². The summed E-state index contributed by atoms with van der Waals surface area (Å²) in [4.78, 5) is 24.4. The Morgan fingerprint density at radius 2 is 2.08 bits per heavy atom. The topological polar surface area (TPSA) is 80.6 Å². The van der Waals surface area contributed by atoms with Crippen LogP contribution in [-0.2, 0) is 11.3 Å². The molecule has 0 saturated heterocycles. The van der Waals surface area contributed by atoms with Crippen LogP contribution in [0.4, 0.5) is 0 Å². The maximum absolute atomic E-state index is 12.8. The standard InChI is InChI=1S/C19H22N2O4/c1-3-15(13-7-5-4-6-8-13)20-18(22)16-11-14(19(23)24)17-12(2)25-10-9-21(16)17/h4-8,11-12,15H,3,9-10H2,1-2H3,(H,20,22)(H,23,24). The number of rotatable bonds is 5. The number of fused-ring (bicyclic) bond motifs is 1. The molecule has 25 heavy (non-hydrogen) atoms. The number of ether oxygens (including phenoxy) is 1. The fourth-order valence-corrected chi connectivity index (χ4v) is 3.34. The van der Waals surface area contributed by atoms with Crippen molar-refractivity contribution in [2.75, 3.05) is 6.61 Å². The number of hydrogen-bond acceptors (Lipinski definition) is 3. The van der Waals surface area contributed by atoms with Crippen LogP contribution >= 0.6 is 0 Å². The smallest absolute Gasteiger partial charge is 0.337 e. The van der Waals surface area contributed by atoms with Gasteiger partial charge in [0.2, 0.25) is 0 Å². The molecule has 6 nitrogen and oxygen atoms in total. The lowest BCUT2D eigenvalue weighted by atomic mass is 10.0. The van der Waals surface area contributed by atoms with Crippen molar-refractivity contribution in [2.45, 2.75) is 39.0 Å². The molecule has 3 rings (SSSR count). The molecule has 0 radical (unpaired) electrons. The number of carboxylic acids is 1. The van der Waals surface area contributed by atoms with Crippen molar-refractivity contribution in [3.8, 4) is 0 Å². The number of aromatic nitrogens is 1. The van der Waals surface area contributed by atoms with E-state index in [2.05, 4.69) is 5.32 Å². The number of hydrogen-bond donors (Lipinski definition) is 2. The van der Waals surface area contributed by atoms with E-state index in [1.807, 2.05) is 37.3 Å². The third-order valence-corrected chi connectivity index (χ3v) is 4.58. The molecule has 1 aliphatic heterocycles. The zero-order valence-electron chi connectivity index (χ0n) is 14.4. The van der Waals surface area contributed by atoms with Gasteiger partial charge in [0.25, 0.3) is 5.91 Å². The summed E-state index contributed by atoms with van der Waals surface area (Å²) in [5, 5.41) is 12.5. The Balaban J connectivity index is 1.92. The lowest BCUT2D eigenvalue weighted by molar-refractivity contribution is 0.0300. The normalized spacial score (nSPS) is 17.6. The first kappa shape index (κ1) is 17.2. The fourth-order valence-electron chi connectivity index (χ4n) is 3.34. The molecule has 0 spiro atoms. The molecule has 2 atom stereocenters. The number of aromatic carboxylic acids is 1. The average Bonchev–Trinajstić information content (AvgIpc) is 3.02. The predicted octanol–water partition coefficient (Wildman–Crippen LogP) is 3.16. The van der Waals surface area contributed by atoms with Crippen LogP contribution in [0.2, 0.25) is 0 Å². The Hall–Kier alpha value is -2.60.